The molecule has 0 radical (unpaired) electrons. The molecule has 4 rings (SSSR count). The topological polar surface area (TPSA) is 63.0 Å². The van der Waals surface area contributed by atoms with E-state index in [0.29, 0.717) is 25.2 Å². The number of aryl methyl sites for hydroxylation is 1. The van der Waals surface area contributed by atoms with Crippen LogP contribution in [-0.4, -0.2) is 54.0 Å². The van der Waals surface area contributed by atoms with Gasteiger partial charge in [-0.05, 0) is 38.0 Å². The summed E-state index contributed by atoms with van der Waals surface area (Å²) in [5.41, 5.74) is 2.91. The molecule has 2 saturated heterocycles. The number of hydrogen-bond acceptors (Lipinski definition) is 4. The van der Waals surface area contributed by atoms with E-state index >= 15 is 0 Å². The Kier molecular flexibility index (Phi) is 5.46. The van der Waals surface area contributed by atoms with Crippen molar-refractivity contribution in [2.75, 3.05) is 26.2 Å². The van der Waals surface area contributed by atoms with Gasteiger partial charge in [0.2, 0.25) is 5.91 Å². The molecule has 0 saturated carbocycles. The number of hydrogen-bond donors (Lipinski definition) is 0. The van der Waals surface area contributed by atoms with Crippen molar-refractivity contribution in [3.63, 3.8) is 0 Å². The van der Waals surface area contributed by atoms with Crippen molar-refractivity contribution in [1.82, 2.24) is 9.80 Å². The van der Waals surface area contributed by atoms with Crippen LogP contribution < -0.4 is 0 Å². The number of furan rings is 1. The molecule has 6 heteroatoms. The van der Waals surface area contributed by atoms with Crippen LogP contribution in [-0.2, 0) is 9.53 Å². The monoisotopic (exact) mass is 396 g/mol. The van der Waals surface area contributed by atoms with Gasteiger partial charge in [0.1, 0.15) is 12.9 Å². The molecular weight excluding hydrogens is 368 g/mol. The van der Waals surface area contributed by atoms with Crippen molar-refractivity contribution in [3.8, 4) is 0 Å². The quantitative estimate of drug-likeness (QED) is 0.778. The predicted octanol–water partition coefficient (Wildman–Crippen LogP) is 3.28. The zero-order chi connectivity index (χ0) is 20.5. The fourth-order valence-electron chi connectivity index (χ4n) is 4.67. The van der Waals surface area contributed by atoms with Crippen molar-refractivity contribution in [1.29, 1.82) is 0 Å². The highest BCUT2D eigenvalue weighted by atomic mass is 16.5. The van der Waals surface area contributed by atoms with Gasteiger partial charge in [0.15, 0.2) is 0 Å². The molecule has 2 fully saturated rings. The van der Waals surface area contributed by atoms with Gasteiger partial charge in [-0.3, -0.25) is 9.59 Å². The minimum atomic E-state index is -0.0355. The third kappa shape index (κ3) is 3.81. The third-order valence-corrected chi connectivity index (χ3v) is 6.09. The Bertz CT molecular complexity index is 877. The second-order valence-electron chi connectivity index (χ2n) is 8.35. The van der Waals surface area contributed by atoms with Gasteiger partial charge in [-0.1, -0.05) is 24.3 Å². The van der Waals surface area contributed by atoms with Gasteiger partial charge in [0, 0.05) is 31.5 Å². The summed E-state index contributed by atoms with van der Waals surface area (Å²) in [5.74, 6) is 0.500. The van der Waals surface area contributed by atoms with Crippen molar-refractivity contribution in [3.05, 3.63) is 59.5 Å². The van der Waals surface area contributed by atoms with E-state index in [0.717, 1.165) is 5.56 Å². The van der Waals surface area contributed by atoms with Crippen LogP contribution >= 0.6 is 0 Å². The number of ether oxygens (including phenoxy) is 1. The van der Waals surface area contributed by atoms with Crippen LogP contribution in [0.5, 0.6) is 0 Å². The Labute approximate surface area is 171 Å². The largest absolute Gasteiger partial charge is 0.472 e. The molecule has 1 aromatic heterocycles. The Morgan fingerprint density at radius 3 is 2.66 bits per heavy atom. The van der Waals surface area contributed by atoms with E-state index in [4.69, 9.17) is 9.15 Å². The summed E-state index contributed by atoms with van der Waals surface area (Å²) in [7, 11) is 0. The molecule has 1 aromatic carbocycles. The lowest BCUT2D eigenvalue weighted by Crippen LogP contribution is -2.39. The highest BCUT2D eigenvalue weighted by Crippen LogP contribution is 2.46. The van der Waals surface area contributed by atoms with Gasteiger partial charge in [-0.25, -0.2) is 0 Å². The van der Waals surface area contributed by atoms with Crippen LogP contribution in [0.4, 0.5) is 0 Å². The molecule has 3 heterocycles. The Balaban J connectivity index is 1.58. The van der Waals surface area contributed by atoms with Gasteiger partial charge in [0.05, 0.1) is 24.0 Å². The Hall–Kier alpha value is -2.60. The normalized spacial score (nSPS) is 23.7. The fourth-order valence-corrected chi connectivity index (χ4v) is 4.67. The minimum Gasteiger partial charge on any atom is -0.472 e. The lowest BCUT2D eigenvalue weighted by atomic mass is 9.87. The number of fused-ring (bicyclic) bond motifs is 1. The SMILES string of the molecule is Cc1ccccc1[C@@H]1[C@H]2CN(C(=O)c3ccoc3)C[C@H]2CN1C(=O)COC(C)C. The molecule has 2 aromatic rings. The molecule has 0 aliphatic carbocycles. The predicted molar refractivity (Wildman–Crippen MR) is 108 cm³/mol. The molecule has 2 aliphatic heterocycles. The second kappa shape index (κ2) is 8.03. The minimum absolute atomic E-state index is 0.00213. The Morgan fingerprint density at radius 2 is 1.97 bits per heavy atom. The summed E-state index contributed by atoms with van der Waals surface area (Å²) >= 11 is 0. The first-order valence-corrected chi connectivity index (χ1v) is 10.2. The van der Waals surface area contributed by atoms with E-state index in [1.165, 1.54) is 18.1 Å². The smallest absolute Gasteiger partial charge is 0.257 e. The molecule has 2 aliphatic rings. The number of amides is 2. The van der Waals surface area contributed by atoms with Crippen LogP contribution in [0.1, 0.15) is 41.4 Å². The molecule has 0 spiro atoms. The summed E-state index contributed by atoms with van der Waals surface area (Å²) in [5, 5.41) is 0. The average Bonchev–Trinajstić information content (AvgIpc) is 3.42. The van der Waals surface area contributed by atoms with Gasteiger partial charge in [0.25, 0.3) is 5.91 Å². The van der Waals surface area contributed by atoms with Gasteiger partial charge < -0.3 is 19.0 Å². The number of carbonyl (C=O) groups excluding carboxylic acids is 2. The first kappa shape index (κ1) is 19.7. The molecule has 3 atom stereocenters. The standard InChI is InChI=1S/C23H28N2O4/c1-15(2)29-14-21(26)25-11-18-10-24(23(27)17-8-9-28-13-17)12-20(18)22(25)19-7-5-4-6-16(19)3/h4-9,13,15,18,20,22H,10-12,14H2,1-3H3/t18-,20-,22+/m0/s1. The fraction of sp³-hybridized carbons (Fsp3) is 0.478. The number of likely N-dealkylation sites (tertiary alicyclic amines) is 2. The maximum Gasteiger partial charge on any atom is 0.257 e. The summed E-state index contributed by atoms with van der Waals surface area (Å²) in [6, 6.07) is 9.89. The van der Waals surface area contributed by atoms with E-state index in [1.54, 1.807) is 6.07 Å². The second-order valence-corrected chi connectivity index (χ2v) is 8.35. The molecule has 154 valence electrons. The van der Waals surface area contributed by atoms with Crippen molar-refractivity contribution in [2.24, 2.45) is 11.8 Å². The van der Waals surface area contributed by atoms with E-state index in [1.807, 2.05) is 35.8 Å². The number of nitrogens with zero attached hydrogens (tertiary/aromatic N) is 2. The summed E-state index contributed by atoms with van der Waals surface area (Å²) in [6.45, 7) is 8.00. The zero-order valence-corrected chi connectivity index (χ0v) is 17.2. The number of rotatable bonds is 5. The van der Waals surface area contributed by atoms with Gasteiger partial charge in [-0.2, -0.15) is 0 Å². The zero-order valence-electron chi connectivity index (χ0n) is 17.2. The lowest BCUT2D eigenvalue weighted by Gasteiger charge is -2.31. The molecular formula is C23H28N2O4. The maximum atomic E-state index is 13.0. The number of carbonyl (C=O) groups is 2. The van der Waals surface area contributed by atoms with Crippen LogP contribution in [0.2, 0.25) is 0 Å². The van der Waals surface area contributed by atoms with E-state index < -0.39 is 0 Å². The van der Waals surface area contributed by atoms with Crippen molar-refractivity contribution < 1.29 is 18.7 Å². The van der Waals surface area contributed by atoms with Crippen LogP contribution in [0.15, 0.2) is 47.3 Å². The van der Waals surface area contributed by atoms with Crippen LogP contribution in [0, 0.1) is 18.8 Å². The number of benzene rings is 1. The summed E-state index contributed by atoms with van der Waals surface area (Å²) in [6.07, 6.45) is 3.03. The third-order valence-electron chi connectivity index (χ3n) is 6.09. The van der Waals surface area contributed by atoms with Gasteiger partial charge in [-0.15, -0.1) is 0 Å². The molecule has 0 bridgehead atoms. The highest BCUT2D eigenvalue weighted by molar-refractivity contribution is 5.94. The summed E-state index contributed by atoms with van der Waals surface area (Å²) in [4.78, 5) is 29.7. The first-order valence-electron chi connectivity index (χ1n) is 10.2. The molecule has 6 nitrogen and oxygen atoms in total. The Morgan fingerprint density at radius 1 is 1.17 bits per heavy atom. The maximum absolute atomic E-state index is 13.0. The van der Waals surface area contributed by atoms with Crippen LogP contribution in [0.3, 0.4) is 0 Å². The van der Waals surface area contributed by atoms with Crippen LogP contribution in [0.25, 0.3) is 0 Å². The lowest BCUT2D eigenvalue weighted by molar-refractivity contribution is -0.139. The molecule has 2 amide bonds. The van der Waals surface area contributed by atoms with E-state index in [-0.39, 0.29) is 42.4 Å². The van der Waals surface area contributed by atoms with E-state index in [2.05, 4.69) is 19.1 Å². The van der Waals surface area contributed by atoms with Crippen molar-refractivity contribution >= 4 is 11.8 Å². The highest BCUT2D eigenvalue weighted by Gasteiger charge is 2.50. The van der Waals surface area contributed by atoms with Gasteiger partial charge >= 0.3 is 0 Å². The molecule has 0 N–H and O–H groups in total. The average molecular weight is 396 g/mol. The van der Waals surface area contributed by atoms with E-state index in [9.17, 15) is 9.59 Å². The van der Waals surface area contributed by atoms with Crippen molar-refractivity contribution in [2.45, 2.75) is 32.9 Å². The molecule has 0 unspecified atom stereocenters. The first-order chi connectivity index (χ1) is 14.0. The molecule has 29 heavy (non-hydrogen) atoms. The summed E-state index contributed by atoms with van der Waals surface area (Å²) < 4.78 is 10.7.